The van der Waals surface area contributed by atoms with Gasteiger partial charge in [0.1, 0.15) is 0 Å². The second-order valence-corrected chi connectivity index (χ2v) is 23.9. The first-order valence-electron chi connectivity index (χ1n) is 24.1. The van der Waals surface area contributed by atoms with Gasteiger partial charge in [-0.05, 0) is 106 Å². The van der Waals surface area contributed by atoms with Crippen LogP contribution in [0.15, 0.2) is 0 Å². The van der Waals surface area contributed by atoms with E-state index in [4.69, 9.17) is 39.8 Å². The fraction of sp³-hybridized carbons (Fsp3) is 1.00. The summed E-state index contributed by atoms with van der Waals surface area (Å²) in [6.07, 6.45) is -19.4. The van der Waals surface area contributed by atoms with Crippen molar-refractivity contribution in [2.75, 3.05) is 59.5 Å². The molecular weight excluding hydrogens is 1070 g/mol. The van der Waals surface area contributed by atoms with Crippen molar-refractivity contribution in [2.24, 2.45) is 23.7 Å². The molecule has 4 aliphatic rings. The monoisotopic (exact) mass is 1140 g/mol. The Kier molecular flexibility index (Phi) is 29.4. The van der Waals surface area contributed by atoms with Crippen LogP contribution in [0.1, 0.15) is 127 Å². The fourth-order valence-electron chi connectivity index (χ4n) is 8.47. The number of rotatable bonds is 24. The van der Waals surface area contributed by atoms with Crippen molar-refractivity contribution in [1.29, 1.82) is 0 Å². The number of hydrogen-bond donors (Lipinski definition) is 0. The lowest BCUT2D eigenvalue weighted by Gasteiger charge is -2.41. The highest BCUT2D eigenvalue weighted by molar-refractivity contribution is 6.59. The van der Waals surface area contributed by atoms with Crippen molar-refractivity contribution in [3.05, 3.63) is 0 Å². The van der Waals surface area contributed by atoms with Crippen LogP contribution >= 0.6 is 0 Å². The van der Waals surface area contributed by atoms with E-state index in [0.717, 1.165) is 6.92 Å². The van der Waals surface area contributed by atoms with Gasteiger partial charge in [-0.3, -0.25) is 4.74 Å². The van der Waals surface area contributed by atoms with Crippen LogP contribution in [0.4, 0.5) is 70.2 Å². The molecule has 0 aromatic heterocycles. The molecule has 4 rings (SSSR count). The van der Waals surface area contributed by atoms with E-state index in [2.05, 4.69) is 9.16 Å². The number of fused-ring (bicyclic) bond motifs is 4. The highest BCUT2D eigenvalue weighted by Gasteiger charge is 2.82. The molecule has 72 heavy (non-hydrogen) atoms. The lowest BCUT2D eigenvalue weighted by molar-refractivity contribution is -0.477. The minimum atomic E-state index is -6.79. The SMILES string of the molecule is C1CC2CCC1C2.CCO[Si](C)(OCC)OCC.CCO[Si](C)(OCC)OCC.CCO[Si](OCC)(OCC)OC(CC)(C(F)(F)F)C(F)(F)F.FC(F)(F)C(F)(F)C(F)(F)OC1(F)C2CCC(C2)C1(F)F. The van der Waals surface area contributed by atoms with Crippen molar-refractivity contribution in [3.8, 4) is 0 Å². The van der Waals surface area contributed by atoms with Crippen LogP contribution in [0, 0.1) is 23.7 Å². The van der Waals surface area contributed by atoms with E-state index in [1.54, 1.807) is 32.1 Å². The number of hydrogen-bond acceptors (Lipinski definition) is 11. The van der Waals surface area contributed by atoms with Crippen molar-refractivity contribution in [3.63, 3.8) is 0 Å². The summed E-state index contributed by atoms with van der Waals surface area (Å²) in [5.41, 5.74) is -4.41. The van der Waals surface area contributed by atoms with Gasteiger partial charge >= 0.3 is 63.1 Å². The van der Waals surface area contributed by atoms with Crippen LogP contribution in [0.25, 0.3) is 0 Å². The zero-order valence-electron chi connectivity index (χ0n) is 43.1. The summed E-state index contributed by atoms with van der Waals surface area (Å²) >= 11 is 0. The third kappa shape index (κ3) is 18.9. The summed E-state index contributed by atoms with van der Waals surface area (Å²) in [5, 5.41) is 0. The Hall–Kier alpha value is -0.909. The molecule has 30 heteroatoms. The maximum absolute atomic E-state index is 14.0. The predicted molar refractivity (Wildman–Crippen MR) is 237 cm³/mol. The van der Waals surface area contributed by atoms with E-state index in [0.29, 0.717) is 39.6 Å². The smallest absolute Gasteiger partial charge is 0.374 e. The van der Waals surface area contributed by atoms with Gasteiger partial charge in [0.2, 0.25) is 0 Å². The molecule has 4 fully saturated rings. The van der Waals surface area contributed by atoms with E-state index in [1.807, 2.05) is 54.6 Å². The molecule has 4 bridgehead atoms. The Balaban J connectivity index is 0.000000925. The highest BCUT2D eigenvalue weighted by Crippen LogP contribution is 2.64. The molecule has 3 unspecified atom stereocenters. The van der Waals surface area contributed by atoms with Gasteiger partial charge in [-0.25, -0.2) is 4.39 Å². The van der Waals surface area contributed by atoms with E-state index in [9.17, 15) is 70.2 Å². The first kappa shape index (κ1) is 71.1. The summed E-state index contributed by atoms with van der Waals surface area (Å²) < 4.78 is 261. The molecule has 0 aliphatic heterocycles. The van der Waals surface area contributed by atoms with Crippen molar-refractivity contribution in [2.45, 2.75) is 188 Å². The maximum Gasteiger partial charge on any atom is 0.680 e. The standard InChI is InChI=1S/C11H20F6O4Si.C10H8F10O.2C7H18O3Si.C7H12/c1-5-9(10(12,13)14,11(15,16)17)21-22(18-6-2,19-7-3)20-8-4;11-6(12)4-1-2-5(3-4)7(6,13)21-10(19,20)8(14,15)9(16,17)18;2*1-5-8-11(4,9-6-2)10-7-3;1-2-7-4-3-6(1)5-7/h5-8H2,1-4H3;4-5H,1-3H2;2*5-7H2,1-4H3;6-7H,1-5H2. The van der Waals surface area contributed by atoms with E-state index in [1.165, 1.54) is 32.6 Å². The Morgan fingerprint density at radius 2 is 0.722 bits per heavy atom. The summed E-state index contributed by atoms with van der Waals surface area (Å²) in [6.45, 7) is 23.7. The normalized spacial score (nSPS) is 23.3. The zero-order valence-corrected chi connectivity index (χ0v) is 46.1. The molecule has 4 aliphatic carbocycles. The van der Waals surface area contributed by atoms with Gasteiger partial charge in [0, 0.05) is 84.4 Å². The average Bonchev–Trinajstić information content (AvgIpc) is 4.06. The third-order valence-corrected chi connectivity index (χ3v) is 19.1. The quantitative estimate of drug-likeness (QED) is 0.0682. The topological polar surface area (TPSA) is 102 Å². The molecule has 0 saturated heterocycles. The first-order chi connectivity index (χ1) is 32.9. The minimum absolute atomic E-state index is 0.221. The number of alkyl halides is 16. The molecule has 4 saturated carbocycles. The van der Waals surface area contributed by atoms with Crippen LogP contribution < -0.4 is 0 Å². The third-order valence-electron chi connectivity index (χ3n) is 11.7. The number of halogens is 16. The number of ether oxygens (including phenoxy) is 1. The lowest BCUT2D eigenvalue weighted by atomic mass is 9.91. The predicted octanol–water partition coefficient (Wildman–Crippen LogP) is 13.9. The van der Waals surface area contributed by atoms with Crippen molar-refractivity contribution in [1.82, 2.24) is 0 Å². The molecule has 3 atom stereocenters. The van der Waals surface area contributed by atoms with Gasteiger partial charge in [0.05, 0.1) is 0 Å². The largest absolute Gasteiger partial charge is 0.680 e. The summed E-state index contributed by atoms with van der Waals surface area (Å²) in [7, 11) is -9.11. The zero-order chi connectivity index (χ0) is 56.3. The fourth-order valence-corrected chi connectivity index (χ4v) is 14.4. The molecule has 0 amide bonds. The Morgan fingerprint density at radius 3 is 0.931 bits per heavy atom. The van der Waals surface area contributed by atoms with Crippen LogP contribution in [-0.4, -0.2) is 134 Å². The molecule has 0 N–H and O–H groups in total. The molecule has 0 aromatic carbocycles. The molecule has 0 heterocycles. The summed E-state index contributed by atoms with van der Waals surface area (Å²) in [4.78, 5) is 0. The van der Waals surface area contributed by atoms with E-state index >= 15 is 0 Å². The lowest BCUT2D eigenvalue weighted by Crippen LogP contribution is -2.66. The van der Waals surface area contributed by atoms with Gasteiger partial charge in [0.15, 0.2) is 0 Å². The Labute approximate surface area is 416 Å². The van der Waals surface area contributed by atoms with Crippen LogP contribution in [0.5, 0.6) is 0 Å². The van der Waals surface area contributed by atoms with Crippen LogP contribution in [0.3, 0.4) is 0 Å². The highest BCUT2D eigenvalue weighted by atomic mass is 28.4. The molecule has 11 nitrogen and oxygen atoms in total. The first-order valence-corrected chi connectivity index (χ1v) is 30.2. The molecule has 0 aromatic rings. The van der Waals surface area contributed by atoms with Gasteiger partial charge in [-0.1, -0.05) is 32.6 Å². The van der Waals surface area contributed by atoms with Crippen LogP contribution in [-0.2, 0) is 49.0 Å². The second kappa shape index (κ2) is 29.7. The van der Waals surface area contributed by atoms with Gasteiger partial charge in [-0.2, -0.15) is 65.9 Å². The molecule has 0 radical (unpaired) electrons. The Morgan fingerprint density at radius 1 is 0.417 bits per heavy atom. The maximum atomic E-state index is 14.0. The average molecular weight is 1150 g/mol. The van der Waals surface area contributed by atoms with Gasteiger partial charge in [-0.15, -0.1) is 0 Å². The van der Waals surface area contributed by atoms with E-state index in [-0.39, 0.29) is 32.7 Å². The van der Waals surface area contributed by atoms with Crippen molar-refractivity contribution < 1.29 is 119 Å². The molecule has 434 valence electrons. The summed E-state index contributed by atoms with van der Waals surface area (Å²) in [5.74, 6) is -17.1. The molecule has 0 spiro atoms. The Bertz CT molecular complexity index is 1400. The van der Waals surface area contributed by atoms with Gasteiger partial charge < -0.3 is 44.3 Å². The minimum Gasteiger partial charge on any atom is -0.374 e. The molecular formula is C42H76F16O11Si3. The van der Waals surface area contributed by atoms with Crippen LogP contribution in [0.2, 0.25) is 13.1 Å². The summed E-state index contributed by atoms with van der Waals surface area (Å²) in [6, 6.07) is 0. The van der Waals surface area contributed by atoms with Gasteiger partial charge in [0.25, 0.3) is 11.5 Å². The van der Waals surface area contributed by atoms with E-state index < -0.39 is 99.3 Å². The second-order valence-electron chi connectivity index (χ2n) is 16.7. The van der Waals surface area contributed by atoms with Crippen molar-refractivity contribution >= 4 is 26.7 Å².